The van der Waals surface area contributed by atoms with Crippen LogP contribution in [0.4, 0.5) is 14.7 Å². The van der Waals surface area contributed by atoms with Crippen molar-refractivity contribution >= 4 is 50.2 Å². The third kappa shape index (κ3) is 3.84. The number of rotatable bonds is 4. The molecule has 0 bridgehead atoms. The lowest BCUT2D eigenvalue weighted by Crippen LogP contribution is -2.21. The number of ether oxygens (including phenoxy) is 1. The van der Waals surface area contributed by atoms with E-state index in [0.29, 0.717) is 11.5 Å². The van der Waals surface area contributed by atoms with E-state index in [-0.39, 0.29) is 5.75 Å². The Kier molecular flexibility index (Phi) is 5.13. The summed E-state index contributed by atoms with van der Waals surface area (Å²) in [5.74, 6) is 0.624. The number of hydrogen-bond acceptors (Lipinski definition) is 4. The van der Waals surface area contributed by atoms with E-state index in [1.54, 1.807) is 16.8 Å². The van der Waals surface area contributed by atoms with Crippen molar-refractivity contribution in [2.45, 2.75) is 12.7 Å². The fraction of sp³-hybridized carbons (Fsp3) is 0.111. The summed E-state index contributed by atoms with van der Waals surface area (Å²) in [6, 6.07) is 12.4. The second-order valence-corrected chi connectivity index (χ2v) is 7.91. The molecule has 0 radical (unpaired) electrons. The number of halogens is 4. The van der Waals surface area contributed by atoms with Gasteiger partial charge in [0.05, 0.1) is 0 Å². The van der Waals surface area contributed by atoms with Gasteiger partial charge < -0.3 is 10.1 Å². The number of anilines is 1. The molecular weight excluding hydrogens is 533 g/mol. The molecule has 3 aromatic rings. The minimum absolute atomic E-state index is 0.0970. The number of fused-ring (bicyclic) bond motifs is 1. The molecule has 2 aromatic carbocycles. The van der Waals surface area contributed by atoms with Crippen LogP contribution in [-0.4, -0.2) is 21.4 Å². The average Bonchev–Trinajstić information content (AvgIpc) is 3.11. The van der Waals surface area contributed by atoms with Crippen molar-refractivity contribution in [1.29, 1.82) is 0 Å². The fourth-order valence-electron chi connectivity index (χ4n) is 2.91. The quantitative estimate of drug-likeness (QED) is 0.453. The molecule has 1 atom stereocenters. The van der Waals surface area contributed by atoms with Gasteiger partial charge in [-0.25, -0.2) is 4.68 Å². The van der Waals surface area contributed by atoms with Crippen LogP contribution in [0.1, 0.15) is 17.2 Å². The Labute approximate surface area is 175 Å². The first-order valence-corrected chi connectivity index (χ1v) is 9.77. The van der Waals surface area contributed by atoms with E-state index in [9.17, 15) is 8.78 Å². The van der Waals surface area contributed by atoms with Gasteiger partial charge in [0, 0.05) is 19.3 Å². The van der Waals surface area contributed by atoms with Crippen LogP contribution in [0.2, 0.25) is 0 Å². The van der Waals surface area contributed by atoms with Crippen molar-refractivity contribution in [1.82, 2.24) is 14.8 Å². The predicted molar refractivity (Wildman–Crippen MR) is 110 cm³/mol. The third-order valence-electron chi connectivity index (χ3n) is 4.07. The zero-order valence-corrected chi connectivity index (χ0v) is 17.4. The molecular formula is C18H12BrF2IN4O. The summed E-state index contributed by atoms with van der Waals surface area (Å²) < 4.78 is 34.0. The second-order valence-electron chi connectivity index (χ2n) is 5.75. The fourth-order valence-corrected chi connectivity index (χ4v) is 3.65. The highest BCUT2D eigenvalue weighted by molar-refractivity contribution is 14.1. The lowest BCUT2D eigenvalue weighted by atomic mass is 10.0. The molecule has 4 rings (SSSR count). The van der Waals surface area contributed by atoms with Gasteiger partial charge in [-0.2, -0.15) is 18.9 Å². The predicted octanol–water partition coefficient (Wildman–Crippen LogP) is 5.30. The van der Waals surface area contributed by atoms with Crippen LogP contribution in [0.25, 0.3) is 5.70 Å². The molecule has 0 saturated heterocycles. The maximum absolute atomic E-state index is 12.9. The monoisotopic (exact) mass is 544 g/mol. The Morgan fingerprint density at radius 3 is 2.70 bits per heavy atom. The first-order valence-electron chi connectivity index (χ1n) is 7.90. The van der Waals surface area contributed by atoms with Crippen LogP contribution in [-0.2, 0) is 0 Å². The minimum Gasteiger partial charge on any atom is -0.434 e. The standard InChI is InChI=1S/C18H12BrF2IN4O/c19-11-3-6-16(27-17(20)21)13(7-11)15-8-14(10-1-4-12(22)5-2-10)25-18-23-9-24-26(15)18/h1-9,15,17H,(H,23,24,25). The number of aromatic nitrogens is 3. The minimum atomic E-state index is -2.92. The molecule has 1 aliphatic rings. The van der Waals surface area contributed by atoms with Gasteiger partial charge in [0.15, 0.2) is 0 Å². The van der Waals surface area contributed by atoms with Gasteiger partial charge in [-0.15, -0.1) is 0 Å². The zero-order valence-electron chi connectivity index (χ0n) is 13.6. The molecule has 5 nitrogen and oxygen atoms in total. The van der Waals surface area contributed by atoms with E-state index in [1.165, 1.54) is 12.4 Å². The molecule has 1 unspecified atom stereocenters. The maximum atomic E-state index is 12.9. The van der Waals surface area contributed by atoms with Gasteiger partial charge in [-0.3, -0.25) is 0 Å². The van der Waals surface area contributed by atoms with E-state index in [1.807, 2.05) is 30.3 Å². The topological polar surface area (TPSA) is 52.0 Å². The summed E-state index contributed by atoms with van der Waals surface area (Å²) in [6.07, 6.45) is 3.34. The van der Waals surface area contributed by atoms with E-state index in [0.717, 1.165) is 19.3 Å². The molecule has 9 heteroatoms. The number of alkyl halides is 2. The van der Waals surface area contributed by atoms with E-state index in [2.05, 4.69) is 53.9 Å². The average molecular weight is 545 g/mol. The summed E-state index contributed by atoms with van der Waals surface area (Å²) in [5, 5.41) is 7.48. The van der Waals surface area contributed by atoms with Crippen molar-refractivity contribution in [3.8, 4) is 5.75 Å². The van der Waals surface area contributed by atoms with Crippen LogP contribution in [0, 0.1) is 3.57 Å². The van der Waals surface area contributed by atoms with Crippen LogP contribution in [0.15, 0.2) is 59.3 Å². The Morgan fingerprint density at radius 2 is 1.96 bits per heavy atom. The molecule has 2 heterocycles. The van der Waals surface area contributed by atoms with E-state index < -0.39 is 12.7 Å². The summed E-state index contributed by atoms with van der Waals surface area (Å²) in [7, 11) is 0. The highest BCUT2D eigenvalue weighted by atomic mass is 127. The van der Waals surface area contributed by atoms with Crippen LogP contribution in [0.3, 0.4) is 0 Å². The Morgan fingerprint density at radius 1 is 1.19 bits per heavy atom. The first kappa shape index (κ1) is 18.4. The summed E-state index contributed by atoms with van der Waals surface area (Å²) in [4.78, 5) is 4.24. The molecule has 0 saturated carbocycles. The molecule has 0 amide bonds. The van der Waals surface area contributed by atoms with Crippen LogP contribution in [0.5, 0.6) is 5.75 Å². The smallest absolute Gasteiger partial charge is 0.387 e. The van der Waals surface area contributed by atoms with Crippen LogP contribution >= 0.6 is 38.5 Å². The van der Waals surface area contributed by atoms with E-state index in [4.69, 9.17) is 4.74 Å². The summed E-state index contributed by atoms with van der Waals surface area (Å²) >= 11 is 5.64. The second kappa shape index (κ2) is 7.55. The number of nitrogens with zero attached hydrogens (tertiary/aromatic N) is 3. The van der Waals surface area contributed by atoms with Crippen molar-refractivity contribution < 1.29 is 13.5 Å². The normalized spacial score (nSPS) is 15.9. The SMILES string of the molecule is FC(F)Oc1ccc(Br)cc1C1C=C(c2ccc(I)cc2)Nc2ncnn21. The molecule has 1 N–H and O–H groups in total. The highest BCUT2D eigenvalue weighted by Crippen LogP contribution is 2.38. The van der Waals surface area contributed by atoms with Gasteiger partial charge in [0.1, 0.15) is 18.1 Å². The maximum Gasteiger partial charge on any atom is 0.387 e. The zero-order chi connectivity index (χ0) is 19.0. The van der Waals surface area contributed by atoms with Gasteiger partial charge >= 0.3 is 6.61 Å². The number of nitrogens with one attached hydrogen (secondary N) is 1. The van der Waals surface area contributed by atoms with Gasteiger partial charge in [0.25, 0.3) is 0 Å². The summed E-state index contributed by atoms with van der Waals surface area (Å²) in [5.41, 5.74) is 2.33. The molecule has 0 spiro atoms. The van der Waals surface area contributed by atoms with Gasteiger partial charge in [0.2, 0.25) is 5.95 Å². The van der Waals surface area contributed by atoms with Gasteiger partial charge in [-0.1, -0.05) is 28.1 Å². The molecule has 1 aliphatic heterocycles. The number of allylic oxidation sites excluding steroid dienone is 1. The lowest BCUT2D eigenvalue weighted by Gasteiger charge is -2.26. The van der Waals surface area contributed by atoms with Gasteiger partial charge in [-0.05, 0) is 64.6 Å². The van der Waals surface area contributed by atoms with Crippen molar-refractivity contribution in [2.24, 2.45) is 0 Å². The molecule has 138 valence electrons. The largest absolute Gasteiger partial charge is 0.434 e. The van der Waals surface area contributed by atoms with Crippen molar-refractivity contribution in [3.63, 3.8) is 0 Å². The van der Waals surface area contributed by atoms with Crippen LogP contribution < -0.4 is 10.1 Å². The molecule has 1 aromatic heterocycles. The number of hydrogen-bond donors (Lipinski definition) is 1. The Bertz CT molecular complexity index is 1010. The first-order chi connectivity index (χ1) is 13.0. The Hall–Kier alpha value is -2.01. The van der Waals surface area contributed by atoms with Crippen molar-refractivity contribution in [3.05, 3.63) is 74.0 Å². The van der Waals surface area contributed by atoms with E-state index >= 15 is 0 Å². The number of benzene rings is 2. The molecule has 0 fully saturated rings. The third-order valence-corrected chi connectivity index (χ3v) is 5.28. The summed E-state index contributed by atoms with van der Waals surface area (Å²) in [6.45, 7) is -2.92. The van der Waals surface area contributed by atoms with Crippen molar-refractivity contribution in [2.75, 3.05) is 5.32 Å². The molecule has 0 aliphatic carbocycles. The lowest BCUT2D eigenvalue weighted by molar-refractivity contribution is -0.0506. The molecule has 27 heavy (non-hydrogen) atoms. The Balaban J connectivity index is 1.83. The highest BCUT2D eigenvalue weighted by Gasteiger charge is 2.27.